The molecule has 0 amide bonds. The van der Waals surface area contributed by atoms with Crippen LogP contribution in [0.5, 0.6) is 5.75 Å². The number of hydrogen-bond acceptors (Lipinski definition) is 3. The van der Waals surface area contributed by atoms with Crippen LogP contribution in [0, 0.1) is 0 Å². The summed E-state index contributed by atoms with van der Waals surface area (Å²) in [7, 11) is 1.96. The van der Waals surface area contributed by atoms with Crippen molar-refractivity contribution in [1.82, 2.24) is 0 Å². The number of carbonyl (C=O) groups is 2. The van der Waals surface area contributed by atoms with Crippen molar-refractivity contribution in [3.05, 3.63) is 65.2 Å². The minimum atomic E-state index is -4.83. The number of carbonyl (C=O) groups excluding carboxylic acids is 1. The topological polar surface area (TPSA) is 63.6 Å². The number of carboxylic acids is 1. The van der Waals surface area contributed by atoms with Gasteiger partial charge in [-0.1, -0.05) is 101 Å². The summed E-state index contributed by atoms with van der Waals surface area (Å²) in [6.07, 6.45) is 7.31. The highest BCUT2D eigenvalue weighted by Crippen LogP contribution is 2.26. The van der Waals surface area contributed by atoms with Gasteiger partial charge in [0.1, 0.15) is 18.9 Å². The van der Waals surface area contributed by atoms with Crippen LogP contribution in [0.15, 0.2) is 48.5 Å². The number of halogens is 3. The number of aliphatic carboxylic acids is 1. The molecule has 5 nitrogen and oxygen atoms in total. The number of benzene rings is 2. The average molecular weight is 593 g/mol. The van der Waals surface area contributed by atoms with E-state index < -0.39 is 24.3 Å². The summed E-state index contributed by atoms with van der Waals surface area (Å²) in [5.41, 5.74) is 2.48. The van der Waals surface area contributed by atoms with E-state index in [-0.39, 0.29) is 13.0 Å². The van der Waals surface area contributed by atoms with E-state index in [1.807, 2.05) is 37.4 Å². The van der Waals surface area contributed by atoms with Crippen LogP contribution >= 0.6 is 0 Å². The van der Waals surface area contributed by atoms with Gasteiger partial charge in [0.2, 0.25) is 5.78 Å². The van der Waals surface area contributed by atoms with Crippen LogP contribution < -0.4 is 4.74 Å². The number of ketones is 1. The number of likely N-dealkylation sites (N-methyl/N-ethyl adjacent to an activating group) is 1. The molecule has 0 radical (unpaired) electrons. The molecule has 2 rings (SSSR count). The Hall–Kier alpha value is -2.87. The number of quaternary nitrogens is 1. The maximum atomic E-state index is 12.7. The predicted octanol–water partition coefficient (Wildman–Crippen LogP) is 8.17. The molecule has 0 aliphatic carbocycles. The van der Waals surface area contributed by atoms with Crippen molar-refractivity contribution in [3.8, 4) is 5.75 Å². The van der Waals surface area contributed by atoms with Gasteiger partial charge in [-0.15, -0.1) is 0 Å². The summed E-state index contributed by atoms with van der Waals surface area (Å²) >= 11 is 0. The lowest BCUT2D eigenvalue weighted by molar-refractivity contribution is -0.902. The summed E-state index contributed by atoms with van der Waals surface area (Å²) in [6, 6.07) is 14.9. The van der Waals surface area contributed by atoms with Crippen LogP contribution in [-0.2, 0) is 22.4 Å². The van der Waals surface area contributed by atoms with E-state index in [4.69, 9.17) is 4.74 Å². The maximum absolute atomic E-state index is 12.7. The highest BCUT2D eigenvalue weighted by Gasteiger charge is 2.37. The molecule has 1 atom stereocenters. The van der Waals surface area contributed by atoms with E-state index in [1.54, 1.807) is 18.2 Å². The molecule has 0 aromatic heterocycles. The van der Waals surface area contributed by atoms with Gasteiger partial charge in [-0.3, -0.25) is 4.79 Å². The lowest BCUT2D eigenvalue weighted by Gasteiger charge is -2.33. The molecule has 0 bridgehead atoms. The first kappa shape index (κ1) is 35.3. The van der Waals surface area contributed by atoms with Gasteiger partial charge in [-0.05, 0) is 42.0 Å². The molecule has 0 aliphatic heterocycles. The number of hydrogen-bond donors (Lipinski definition) is 1. The van der Waals surface area contributed by atoms with Crippen molar-refractivity contribution in [1.29, 1.82) is 0 Å². The summed E-state index contributed by atoms with van der Waals surface area (Å²) < 4.78 is 44.6. The first-order valence-corrected chi connectivity index (χ1v) is 15.5. The van der Waals surface area contributed by atoms with Crippen LogP contribution in [0.2, 0.25) is 0 Å². The Morgan fingerprint density at radius 1 is 0.833 bits per heavy atom. The highest BCUT2D eigenvalue weighted by molar-refractivity contribution is 5.84. The number of ether oxygens (including phenoxy) is 1. The van der Waals surface area contributed by atoms with Gasteiger partial charge >= 0.3 is 12.1 Å². The molecule has 42 heavy (non-hydrogen) atoms. The Labute approximate surface area is 249 Å². The Balaban J connectivity index is 1.95. The monoisotopic (exact) mass is 592 g/mol. The molecular formula is C34H49F3NO4+. The summed E-state index contributed by atoms with van der Waals surface area (Å²) in [5.74, 6) is -1.96. The SMILES string of the molecule is CCCCCCCCCCCC[N+](C)(CCOc1ccc(CCC(=O)C(F)(F)F)cc1Cc1ccccc1)CC(=O)O. The van der Waals surface area contributed by atoms with E-state index >= 15 is 0 Å². The minimum absolute atomic E-state index is 0.00710. The molecule has 1 unspecified atom stereocenters. The number of alkyl halides is 3. The highest BCUT2D eigenvalue weighted by atomic mass is 19.4. The fraction of sp³-hybridized carbons (Fsp3) is 0.588. The second kappa shape index (κ2) is 18.6. The number of Topliss-reactive ketones (excluding diaryl/α,β-unsaturated/α-hetero) is 1. The van der Waals surface area contributed by atoms with Crippen molar-refractivity contribution < 1.29 is 37.1 Å². The van der Waals surface area contributed by atoms with Crippen LogP contribution in [-0.4, -0.2) is 60.8 Å². The molecule has 234 valence electrons. The number of nitrogens with zero attached hydrogens (tertiary/aromatic N) is 1. The summed E-state index contributed by atoms with van der Waals surface area (Å²) in [6.45, 7) is 3.84. The summed E-state index contributed by atoms with van der Waals surface area (Å²) in [5, 5.41) is 9.55. The molecule has 1 N–H and O–H groups in total. The van der Waals surface area contributed by atoms with E-state index in [2.05, 4.69) is 6.92 Å². The van der Waals surface area contributed by atoms with Crippen molar-refractivity contribution in [2.75, 3.05) is 33.3 Å². The third-order valence-corrected chi connectivity index (χ3v) is 7.78. The largest absolute Gasteiger partial charge is 0.487 e. The van der Waals surface area contributed by atoms with Crippen LogP contribution in [0.3, 0.4) is 0 Å². The molecular weight excluding hydrogens is 543 g/mol. The van der Waals surface area contributed by atoms with Crippen molar-refractivity contribution >= 4 is 11.8 Å². The number of rotatable bonds is 22. The molecule has 0 fully saturated rings. The number of aryl methyl sites for hydroxylation is 1. The van der Waals surface area contributed by atoms with Gasteiger partial charge in [0.05, 0.1) is 13.6 Å². The van der Waals surface area contributed by atoms with Gasteiger partial charge in [0, 0.05) is 12.8 Å². The summed E-state index contributed by atoms with van der Waals surface area (Å²) in [4.78, 5) is 23.0. The number of carboxylic acid groups (broad SMARTS) is 1. The second-order valence-corrected chi connectivity index (χ2v) is 11.7. The van der Waals surface area contributed by atoms with Crippen molar-refractivity contribution in [3.63, 3.8) is 0 Å². The van der Waals surface area contributed by atoms with Gasteiger partial charge in [0.25, 0.3) is 0 Å². The Kier molecular flexibility index (Phi) is 15.7. The second-order valence-electron chi connectivity index (χ2n) is 11.7. The van der Waals surface area contributed by atoms with Gasteiger partial charge < -0.3 is 14.3 Å². The lowest BCUT2D eigenvalue weighted by atomic mass is 9.99. The molecule has 0 saturated carbocycles. The van der Waals surface area contributed by atoms with E-state index in [0.717, 1.165) is 30.5 Å². The van der Waals surface area contributed by atoms with E-state index in [0.29, 0.717) is 35.4 Å². The molecule has 0 spiro atoms. The van der Waals surface area contributed by atoms with Crippen molar-refractivity contribution in [2.45, 2.75) is 96.6 Å². The molecule has 8 heteroatoms. The third-order valence-electron chi connectivity index (χ3n) is 7.78. The first-order chi connectivity index (χ1) is 20.0. The van der Waals surface area contributed by atoms with E-state index in [9.17, 15) is 27.9 Å². The first-order valence-electron chi connectivity index (χ1n) is 15.5. The van der Waals surface area contributed by atoms with Crippen LogP contribution in [0.1, 0.15) is 94.2 Å². The van der Waals surface area contributed by atoms with Gasteiger partial charge in [0.15, 0.2) is 6.54 Å². The Bertz CT molecular complexity index is 1070. The molecule has 0 aliphatic rings. The van der Waals surface area contributed by atoms with Gasteiger partial charge in [-0.25, -0.2) is 4.79 Å². The smallest absolute Gasteiger partial charge is 0.449 e. The molecule has 0 saturated heterocycles. The standard InChI is InChI=1S/C34H48F3NO4/c1-3-4-5-6-7-8-9-10-11-15-22-38(2,27-33(40)41)23-24-42-31-20-18-29(19-21-32(39)34(35,36)37)26-30(31)25-28-16-13-12-14-17-28/h12-14,16-18,20,26H,3-11,15,19,21-25,27H2,1-2H3/p+1. The zero-order chi connectivity index (χ0) is 30.8. The quantitative estimate of drug-likeness (QED) is 0.111. The molecule has 0 heterocycles. The molecule has 2 aromatic rings. The van der Waals surface area contributed by atoms with Gasteiger partial charge in [-0.2, -0.15) is 13.2 Å². The van der Waals surface area contributed by atoms with Crippen LogP contribution in [0.25, 0.3) is 0 Å². The fourth-order valence-corrected chi connectivity index (χ4v) is 5.24. The average Bonchev–Trinajstić information content (AvgIpc) is 2.93. The van der Waals surface area contributed by atoms with Crippen molar-refractivity contribution in [2.24, 2.45) is 0 Å². The Morgan fingerprint density at radius 2 is 1.45 bits per heavy atom. The van der Waals surface area contributed by atoms with Crippen LogP contribution in [0.4, 0.5) is 13.2 Å². The Morgan fingerprint density at radius 3 is 2.05 bits per heavy atom. The maximum Gasteiger partial charge on any atom is 0.449 e. The predicted molar refractivity (Wildman–Crippen MR) is 161 cm³/mol. The zero-order valence-electron chi connectivity index (χ0n) is 25.4. The van der Waals surface area contributed by atoms with E-state index in [1.165, 1.54) is 51.4 Å². The number of unbranched alkanes of at least 4 members (excludes halogenated alkanes) is 9. The minimum Gasteiger partial charge on any atom is -0.487 e. The zero-order valence-corrected chi connectivity index (χ0v) is 25.4. The fourth-order valence-electron chi connectivity index (χ4n) is 5.24. The normalized spacial score (nSPS) is 13.1. The third kappa shape index (κ3) is 14.3. The lowest BCUT2D eigenvalue weighted by Crippen LogP contribution is -2.50. The molecule has 2 aromatic carbocycles.